The third-order valence-electron chi connectivity index (χ3n) is 4.27. The van der Waals surface area contributed by atoms with Gasteiger partial charge in [-0.05, 0) is 6.07 Å². The zero-order valence-corrected chi connectivity index (χ0v) is 15.0. The van der Waals surface area contributed by atoms with Crippen LogP contribution in [-0.2, 0) is 4.74 Å². The van der Waals surface area contributed by atoms with Crippen molar-refractivity contribution < 1.29 is 9.47 Å². The lowest BCUT2D eigenvalue weighted by Gasteiger charge is -2.29. The zero-order valence-electron chi connectivity index (χ0n) is 15.0. The molecule has 0 unspecified atom stereocenters. The molecule has 3 rings (SSSR count). The van der Waals surface area contributed by atoms with E-state index in [1.807, 2.05) is 12.1 Å². The molecular weight excluding hydrogens is 332 g/mol. The van der Waals surface area contributed by atoms with Crippen LogP contribution in [0.3, 0.4) is 0 Å². The van der Waals surface area contributed by atoms with Gasteiger partial charge in [0.2, 0.25) is 0 Å². The summed E-state index contributed by atoms with van der Waals surface area (Å²) in [7, 11) is 3.40. The van der Waals surface area contributed by atoms with Crippen molar-refractivity contribution in [3.63, 3.8) is 0 Å². The predicted octanol–water partition coefficient (Wildman–Crippen LogP) is 1.69. The first-order valence-electron chi connectivity index (χ1n) is 8.41. The lowest BCUT2D eigenvalue weighted by atomic mass is 10.0. The Morgan fingerprint density at radius 2 is 2.15 bits per heavy atom. The van der Waals surface area contributed by atoms with Gasteiger partial charge in [0.1, 0.15) is 5.75 Å². The van der Waals surface area contributed by atoms with Crippen molar-refractivity contribution >= 4 is 34.1 Å². The van der Waals surface area contributed by atoms with Crippen molar-refractivity contribution in [1.82, 2.24) is 15.3 Å². The number of hydrazine groups is 1. The average Bonchev–Trinajstić information content (AvgIpc) is 2.68. The molecule has 1 saturated heterocycles. The number of allylic oxidation sites excluding steroid dienone is 1. The summed E-state index contributed by atoms with van der Waals surface area (Å²) >= 11 is 0. The average molecular weight is 356 g/mol. The van der Waals surface area contributed by atoms with Crippen LogP contribution in [-0.4, -0.2) is 56.7 Å². The number of anilines is 2. The molecule has 0 aliphatic carbocycles. The second-order valence-electron chi connectivity index (χ2n) is 5.90. The summed E-state index contributed by atoms with van der Waals surface area (Å²) in [5.41, 5.74) is 13.2. The summed E-state index contributed by atoms with van der Waals surface area (Å²) in [5.74, 6) is 0.650. The second kappa shape index (κ2) is 8.03. The summed E-state index contributed by atoms with van der Waals surface area (Å²) in [6.45, 7) is 2.91. The topological polar surface area (TPSA) is 109 Å². The van der Waals surface area contributed by atoms with Crippen LogP contribution in [0.25, 0.3) is 16.5 Å². The fourth-order valence-electron chi connectivity index (χ4n) is 2.94. The Balaban J connectivity index is 2.13. The maximum Gasteiger partial charge on any atom is 0.128 e. The number of fused-ring (bicyclic) bond motifs is 1. The van der Waals surface area contributed by atoms with Crippen LogP contribution in [0.4, 0.5) is 11.4 Å². The number of rotatable bonds is 6. The third-order valence-corrected chi connectivity index (χ3v) is 4.27. The highest BCUT2D eigenvalue weighted by Gasteiger charge is 2.17. The van der Waals surface area contributed by atoms with Crippen molar-refractivity contribution in [1.29, 1.82) is 5.41 Å². The molecule has 1 aliphatic rings. The number of ether oxygens (including phenoxy) is 2. The summed E-state index contributed by atoms with van der Waals surface area (Å²) < 4.78 is 10.9. The summed E-state index contributed by atoms with van der Waals surface area (Å²) in [4.78, 5) is 4.43. The van der Waals surface area contributed by atoms with Crippen LogP contribution in [0.1, 0.15) is 5.56 Å². The molecule has 0 atom stereocenters. The molecule has 0 bridgehead atoms. The molecule has 2 heterocycles. The Kier molecular flexibility index (Phi) is 5.55. The normalized spacial score (nSPS) is 15.7. The Morgan fingerprint density at radius 1 is 1.38 bits per heavy atom. The van der Waals surface area contributed by atoms with Gasteiger partial charge >= 0.3 is 0 Å². The monoisotopic (exact) mass is 356 g/mol. The Labute approximate surface area is 152 Å². The molecule has 26 heavy (non-hydrogen) atoms. The van der Waals surface area contributed by atoms with Gasteiger partial charge in [-0.1, -0.05) is 0 Å². The van der Waals surface area contributed by atoms with Gasteiger partial charge < -0.3 is 31.4 Å². The van der Waals surface area contributed by atoms with Gasteiger partial charge in [0.25, 0.3) is 0 Å². The SMILES string of the molecule is CN/C=C(\C=N)c1cc2c(NN3CCOCC3)c(N)cnc2cc1OC. The molecule has 8 nitrogen and oxygen atoms in total. The Hall–Kier alpha value is -2.84. The van der Waals surface area contributed by atoms with Crippen LogP contribution in [0, 0.1) is 5.41 Å². The van der Waals surface area contributed by atoms with E-state index in [9.17, 15) is 0 Å². The van der Waals surface area contributed by atoms with E-state index in [1.165, 1.54) is 6.21 Å². The van der Waals surface area contributed by atoms with Gasteiger partial charge in [-0.25, -0.2) is 5.01 Å². The first-order valence-corrected chi connectivity index (χ1v) is 8.41. The molecule has 1 fully saturated rings. The predicted molar refractivity (Wildman–Crippen MR) is 105 cm³/mol. The van der Waals surface area contributed by atoms with Gasteiger partial charge in [0.15, 0.2) is 0 Å². The fourth-order valence-corrected chi connectivity index (χ4v) is 2.94. The van der Waals surface area contributed by atoms with E-state index in [4.69, 9.17) is 20.6 Å². The number of morpholine rings is 1. The molecule has 0 spiro atoms. The summed E-state index contributed by atoms with van der Waals surface area (Å²) in [6.07, 6.45) is 4.69. The smallest absolute Gasteiger partial charge is 0.128 e. The van der Waals surface area contributed by atoms with Crippen LogP contribution in [0.5, 0.6) is 5.75 Å². The number of methoxy groups -OCH3 is 1. The molecular formula is C18H24N6O2. The maximum atomic E-state index is 7.71. The summed E-state index contributed by atoms with van der Waals surface area (Å²) in [6, 6.07) is 3.82. The molecule has 2 aromatic rings. The number of benzene rings is 1. The molecule has 138 valence electrons. The highest BCUT2D eigenvalue weighted by atomic mass is 16.5. The Morgan fingerprint density at radius 3 is 2.81 bits per heavy atom. The summed E-state index contributed by atoms with van der Waals surface area (Å²) in [5, 5.41) is 13.6. The molecule has 1 aromatic heterocycles. The van der Waals surface area contributed by atoms with E-state index < -0.39 is 0 Å². The van der Waals surface area contributed by atoms with E-state index >= 15 is 0 Å². The number of aromatic nitrogens is 1. The van der Waals surface area contributed by atoms with Crippen molar-refractivity contribution in [2.24, 2.45) is 0 Å². The van der Waals surface area contributed by atoms with Crippen LogP contribution in [0.2, 0.25) is 0 Å². The molecule has 1 aliphatic heterocycles. The van der Waals surface area contributed by atoms with Gasteiger partial charge in [0, 0.05) is 55.1 Å². The maximum absolute atomic E-state index is 7.71. The molecule has 5 N–H and O–H groups in total. The van der Waals surface area contributed by atoms with Crippen LogP contribution >= 0.6 is 0 Å². The van der Waals surface area contributed by atoms with E-state index in [1.54, 1.807) is 26.6 Å². The third kappa shape index (κ3) is 3.56. The fraction of sp³-hybridized carbons (Fsp3) is 0.333. The minimum atomic E-state index is 0.564. The van der Waals surface area contributed by atoms with Gasteiger partial charge in [-0.2, -0.15) is 0 Å². The number of nitrogen functional groups attached to an aromatic ring is 1. The molecule has 0 amide bonds. The van der Waals surface area contributed by atoms with E-state index in [-0.39, 0.29) is 0 Å². The van der Waals surface area contributed by atoms with Gasteiger partial charge in [0.05, 0.1) is 43.4 Å². The first-order chi connectivity index (χ1) is 12.7. The standard InChI is InChI=1S/C18H24N6O2/c1-21-10-12(9-19)13-7-14-16(8-17(13)25-2)22-11-15(20)18(14)23-24-3-5-26-6-4-24/h7-11,19,21H,3-6,20H2,1-2H3,(H,22,23)/b12-10+,19-9?. The largest absolute Gasteiger partial charge is 0.496 e. The van der Waals surface area contributed by atoms with Crippen molar-refractivity contribution in [2.45, 2.75) is 0 Å². The van der Waals surface area contributed by atoms with Crippen LogP contribution in [0.15, 0.2) is 24.5 Å². The molecule has 0 radical (unpaired) electrons. The van der Waals surface area contributed by atoms with E-state index in [0.717, 1.165) is 35.2 Å². The number of hydrogen-bond acceptors (Lipinski definition) is 8. The van der Waals surface area contributed by atoms with Gasteiger partial charge in [-0.3, -0.25) is 4.98 Å². The number of hydrogen-bond donors (Lipinski definition) is 4. The first kappa shape index (κ1) is 18.0. The van der Waals surface area contributed by atoms with Crippen molar-refractivity contribution in [2.75, 3.05) is 51.6 Å². The molecule has 1 aromatic carbocycles. The lowest BCUT2D eigenvalue weighted by Crippen LogP contribution is -2.40. The van der Waals surface area contributed by atoms with E-state index in [0.29, 0.717) is 30.2 Å². The number of nitrogens with two attached hydrogens (primary N) is 1. The number of nitrogens with one attached hydrogen (secondary N) is 3. The van der Waals surface area contributed by atoms with Crippen LogP contribution < -0.4 is 21.2 Å². The second-order valence-corrected chi connectivity index (χ2v) is 5.90. The quantitative estimate of drug-likeness (QED) is 0.583. The lowest BCUT2D eigenvalue weighted by molar-refractivity contribution is 0.0498. The highest BCUT2D eigenvalue weighted by Crippen LogP contribution is 2.35. The van der Waals surface area contributed by atoms with E-state index in [2.05, 4.69) is 20.7 Å². The number of pyridine rings is 1. The van der Waals surface area contributed by atoms with Gasteiger partial charge in [-0.15, -0.1) is 0 Å². The minimum Gasteiger partial charge on any atom is -0.496 e. The molecule has 8 heteroatoms. The highest BCUT2D eigenvalue weighted by molar-refractivity contribution is 6.11. The zero-order chi connectivity index (χ0) is 18.5. The van der Waals surface area contributed by atoms with Crippen molar-refractivity contribution in [3.8, 4) is 5.75 Å². The number of nitrogens with zero attached hydrogens (tertiary/aromatic N) is 2. The molecule has 0 saturated carbocycles. The Bertz CT molecular complexity index is 830. The van der Waals surface area contributed by atoms with Crippen molar-refractivity contribution in [3.05, 3.63) is 30.1 Å². The minimum absolute atomic E-state index is 0.564.